The standard InChI is InChI=1S/C17H18N6O/c1-2-12-3-5-14(6-4-12)19-17(24)15(16-20-22-23-21-16)11-13-7-9-18-10-8-13/h3-10,15H,2,11H2,1H3,(H,19,24)(H,20,21,22,23). The molecular weight excluding hydrogens is 304 g/mol. The van der Waals surface area contributed by atoms with Crippen molar-refractivity contribution >= 4 is 11.6 Å². The van der Waals surface area contributed by atoms with Gasteiger partial charge >= 0.3 is 0 Å². The number of rotatable bonds is 6. The number of aryl methyl sites for hydroxylation is 1. The highest BCUT2D eigenvalue weighted by atomic mass is 16.1. The van der Waals surface area contributed by atoms with E-state index < -0.39 is 5.92 Å². The number of nitrogens with zero attached hydrogens (tertiary/aromatic N) is 4. The number of tetrazole rings is 1. The molecule has 3 aromatic rings. The summed E-state index contributed by atoms with van der Waals surface area (Å²) in [5.74, 6) is -0.330. The van der Waals surface area contributed by atoms with Crippen molar-refractivity contribution in [3.05, 3.63) is 65.7 Å². The molecule has 0 aliphatic carbocycles. The lowest BCUT2D eigenvalue weighted by Gasteiger charge is -2.14. The number of hydrogen-bond donors (Lipinski definition) is 2. The number of aromatic nitrogens is 5. The van der Waals surface area contributed by atoms with Crippen LogP contribution in [-0.2, 0) is 17.6 Å². The maximum atomic E-state index is 12.7. The van der Waals surface area contributed by atoms with Crippen LogP contribution in [0, 0.1) is 0 Å². The van der Waals surface area contributed by atoms with Gasteiger partial charge in [-0.2, -0.15) is 5.21 Å². The molecule has 0 aliphatic heterocycles. The number of aromatic amines is 1. The number of carbonyl (C=O) groups excluding carboxylic acids is 1. The first-order valence-corrected chi connectivity index (χ1v) is 7.78. The van der Waals surface area contributed by atoms with Gasteiger partial charge < -0.3 is 5.32 Å². The van der Waals surface area contributed by atoms with Crippen LogP contribution in [0.15, 0.2) is 48.8 Å². The normalized spacial score (nSPS) is 11.9. The Kier molecular flexibility index (Phi) is 4.90. The molecule has 0 aliphatic rings. The summed E-state index contributed by atoms with van der Waals surface area (Å²) in [5, 5.41) is 16.9. The van der Waals surface area contributed by atoms with E-state index >= 15 is 0 Å². The minimum absolute atomic E-state index is 0.169. The zero-order valence-corrected chi connectivity index (χ0v) is 13.3. The van der Waals surface area contributed by atoms with Crippen molar-refractivity contribution in [2.24, 2.45) is 0 Å². The molecule has 0 saturated heterocycles. The smallest absolute Gasteiger partial charge is 0.235 e. The lowest BCUT2D eigenvalue weighted by molar-refractivity contribution is -0.117. The summed E-state index contributed by atoms with van der Waals surface area (Å²) in [6.45, 7) is 2.09. The molecule has 7 heteroatoms. The topological polar surface area (TPSA) is 96.5 Å². The third kappa shape index (κ3) is 3.81. The van der Waals surface area contributed by atoms with Crippen LogP contribution in [0.5, 0.6) is 0 Å². The lowest BCUT2D eigenvalue weighted by atomic mass is 9.98. The van der Waals surface area contributed by atoms with Crippen LogP contribution in [0.4, 0.5) is 5.69 Å². The predicted molar refractivity (Wildman–Crippen MR) is 89.3 cm³/mol. The molecule has 0 bridgehead atoms. The summed E-state index contributed by atoms with van der Waals surface area (Å²) >= 11 is 0. The Morgan fingerprint density at radius 2 is 1.88 bits per heavy atom. The van der Waals surface area contributed by atoms with E-state index in [9.17, 15) is 4.79 Å². The van der Waals surface area contributed by atoms with E-state index in [1.54, 1.807) is 12.4 Å². The number of benzene rings is 1. The van der Waals surface area contributed by atoms with Crippen molar-refractivity contribution in [2.45, 2.75) is 25.7 Å². The van der Waals surface area contributed by atoms with Gasteiger partial charge in [-0.1, -0.05) is 24.3 Å². The maximum absolute atomic E-state index is 12.7. The van der Waals surface area contributed by atoms with E-state index in [1.807, 2.05) is 36.4 Å². The lowest BCUT2D eigenvalue weighted by Crippen LogP contribution is -2.24. The number of anilines is 1. The maximum Gasteiger partial charge on any atom is 0.235 e. The van der Waals surface area contributed by atoms with Gasteiger partial charge in [0.2, 0.25) is 5.91 Å². The summed E-state index contributed by atoms with van der Waals surface area (Å²) in [7, 11) is 0. The summed E-state index contributed by atoms with van der Waals surface area (Å²) in [6.07, 6.45) is 4.83. The fourth-order valence-electron chi connectivity index (χ4n) is 2.43. The summed E-state index contributed by atoms with van der Waals surface area (Å²) < 4.78 is 0. The largest absolute Gasteiger partial charge is 0.325 e. The average Bonchev–Trinajstić information content (AvgIpc) is 3.15. The highest BCUT2D eigenvalue weighted by molar-refractivity contribution is 5.95. The second-order valence-electron chi connectivity index (χ2n) is 5.42. The van der Waals surface area contributed by atoms with Gasteiger partial charge in [-0.05, 0) is 48.2 Å². The second kappa shape index (κ2) is 7.45. The molecule has 24 heavy (non-hydrogen) atoms. The van der Waals surface area contributed by atoms with Gasteiger partial charge in [0.05, 0.1) is 0 Å². The molecule has 0 radical (unpaired) electrons. The van der Waals surface area contributed by atoms with Crippen LogP contribution >= 0.6 is 0 Å². The Morgan fingerprint density at radius 1 is 1.12 bits per heavy atom. The quantitative estimate of drug-likeness (QED) is 0.724. The summed E-state index contributed by atoms with van der Waals surface area (Å²) in [6, 6.07) is 11.5. The zero-order chi connectivity index (χ0) is 16.8. The first-order chi connectivity index (χ1) is 11.8. The highest BCUT2D eigenvalue weighted by Crippen LogP contribution is 2.20. The minimum atomic E-state index is -0.531. The fourth-order valence-corrected chi connectivity index (χ4v) is 2.43. The van der Waals surface area contributed by atoms with Crippen molar-refractivity contribution < 1.29 is 4.79 Å². The summed E-state index contributed by atoms with van der Waals surface area (Å²) in [5.41, 5.74) is 2.95. The molecule has 1 amide bonds. The number of amides is 1. The first kappa shape index (κ1) is 15.8. The van der Waals surface area contributed by atoms with Crippen molar-refractivity contribution in [3.8, 4) is 0 Å². The van der Waals surface area contributed by atoms with Gasteiger partial charge in [0.25, 0.3) is 0 Å². The van der Waals surface area contributed by atoms with Gasteiger partial charge in [0, 0.05) is 18.1 Å². The van der Waals surface area contributed by atoms with Crippen LogP contribution in [0.1, 0.15) is 29.8 Å². The Balaban J connectivity index is 1.78. The van der Waals surface area contributed by atoms with Crippen LogP contribution < -0.4 is 5.32 Å². The molecule has 2 aromatic heterocycles. The number of carbonyl (C=O) groups is 1. The van der Waals surface area contributed by atoms with Crippen LogP contribution in [0.2, 0.25) is 0 Å². The van der Waals surface area contributed by atoms with Gasteiger partial charge in [0.1, 0.15) is 5.92 Å². The molecule has 1 atom stereocenters. The Morgan fingerprint density at radius 3 is 2.50 bits per heavy atom. The van der Waals surface area contributed by atoms with Crippen molar-refractivity contribution in [2.75, 3.05) is 5.32 Å². The van der Waals surface area contributed by atoms with Crippen LogP contribution in [0.25, 0.3) is 0 Å². The molecule has 1 unspecified atom stereocenters. The molecule has 0 saturated carbocycles. The molecular formula is C17H18N6O. The Bertz CT molecular complexity index is 771. The van der Waals surface area contributed by atoms with Gasteiger partial charge in [-0.15, -0.1) is 10.2 Å². The van der Waals surface area contributed by atoms with E-state index in [0.29, 0.717) is 12.2 Å². The van der Waals surface area contributed by atoms with Gasteiger partial charge in [0.15, 0.2) is 5.82 Å². The van der Waals surface area contributed by atoms with Crippen molar-refractivity contribution in [1.82, 2.24) is 25.6 Å². The van der Waals surface area contributed by atoms with E-state index in [1.165, 1.54) is 5.56 Å². The SMILES string of the molecule is CCc1ccc(NC(=O)C(Cc2ccncc2)c2nn[nH]n2)cc1. The highest BCUT2D eigenvalue weighted by Gasteiger charge is 2.25. The number of nitrogens with one attached hydrogen (secondary N) is 2. The number of H-pyrrole nitrogens is 1. The average molecular weight is 322 g/mol. The molecule has 1 aromatic carbocycles. The zero-order valence-electron chi connectivity index (χ0n) is 13.3. The third-order valence-electron chi connectivity index (χ3n) is 3.81. The Labute approximate surface area is 139 Å². The van der Waals surface area contributed by atoms with Gasteiger partial charge in [-0.25, -0.2) is 0 Å². The van der Waals surface area contributed by atoms with E-state index in [0.717, 1.165) is 17.7 Å². The fraction of sp³-hybridized carbons (Fsp3) is 0.235. The van der Waals surface area contributed by atoms with E-state index in [2.05, 4.69) is 37.8 Å². The summed E-state index contributed by atoms with van der Waals surface area (Å²) in [4.78, 5) is 16.7. The van der Waals surface area contributed by atoms with E-state index in [4.69, 9.17) is 0 Å². The van der Waals surface area contributed by atoms with Crippen molar-refractivity contribution in [3.63, 3.8) is 0 Å². The third-order valence-corrected chi connectivity index (χ3v) is 3.81. The van der Waals surface area contributed by atoms with Crippen molar-refractivity contribution in [1.29, 1.82) is 0 Å². The van der Waals surface area contributed by atoms with Crippen LogP contribution in [0.3, 0.4) is 0 Å². The predicted octanol–water partition coefficient (Wildman–Crippen LogP) is 2.12. The van der Waals surface area contributed by atoms with Gasteiger partial charge in [-0.3, -0.25) is 9.78 Å². The molecule has 2 N–H and O–H groups in total. The number of hydrogen-bond acceptors (Lipinski definition) is 5. The molecule has 2 heterocycles. The monoisotopic (exact) mass is 322 g/mol. The van der Waals surface area contributed by atoms with Crippen LogP contribution in [-0.4, -0.2) is 31.5 Å². The first-order valence-electron chi connectivity index (χ1n) is 7.78. The Hall–Kier alpha value is -3.09. The number of pyridine rings is 1. The molecule has 122 valence electrons. The second-order valence-corrected chi connectivity index (χ2v) is 5.42. The molecule has 3 rings (SSSR count). The minimum Gasteiger partial charge on any atom is -0.325 e. The van der Waals surface area contributed by atoms with E-state index in [-0.39, 0.29) is 5.91 Å². The molecule has 7 nitrogen and oxygen atoms in total. The molecule has 0 fully saturated rings. The molecule has 0 spiro atoms.